The number of carbonyl (C=O) groups excluding carboxylic acids is 1. The lowest BCUT2D eigenvalue weighted by molar-refractivity contribution is -0.428. The Hall–Kier alpha value is -2.96. The van der Waals surface area contributed by atoms with Gasteiger partial charge >= 0.3 is 6.03 Å². The second kappa shape index (κ2) is 5.79. The molecule has 0 aliphatic carbocycles. The first-order valence-electron chi connectivity index (χ1n) is 5.76. The van der Waals surface area contributed by atoms with Gasteiger partial charge in [-0.15, -0.1) is 0 Å². The Morgan fingerprint density at radius 3 is 2.90 bits per heavy atom. The summed E-state index contributed by atoms with van der Waals surface area (Å²) in [6.07, 6.45) is 1.33. The minimum absolute atomic E-state index is 0.453. The fourth-order valence-corrected chi connectivity index (χ4v) is 1.59. The monoisotopic (exact) mass is 273 g/mol. The molecule has 0 bridgehead atoms. The zero-order chi connectivity index (χ0) is 14.5. The van der Waals surface area contributed by atoms with E-state index < -0.39 is 6.03 Å². The molecule has 1 heterocycles. The topological polar surface area (TPSA) is 101 Å². The first-order chi connectivity index (χ1) is 9.56. The van der Waals surface area contributed by atoms with Crippen LogP contribution in [-0.2, 0) is 0 Å². The molecule has 0 aliphatic rings. The summed E-state index contributed by atoms with van der Waals surface area (Å²) in [7, 11) is 1.43. The maximum atomic E-state index is 11.3. The van der Waals surface area contributed by atoms with Gasteiger partial charge in [-0.25, -0.2) is 10.2 Å². The quantitative estimate of drug-likeness (QED) is 0.506. The maximum absolute atomic E-state index is 11.3. The van der Waals surface area contributed by atoms with Crippen molar-refractivity contribution in [1.29, 1.82) is 0 Å². The van der Waals surface area contributed by atoms with Crippen LogP contribution in [0, 0.1) is 4.91 Å². The Balaban J connectivity index is 2.20. The minimum Gasteiger partial charge on any atom is -0.455 e. The standard InChI is InChI=1S/C13H12N4O3/c1-17(19)10-4-2-3-9(7-10)12-6-5-11(20-12)8-15-16-13(14)18/h2-8H,1H3,(H2-,14,16,18)/p+1/b15-8+. The SMILES string of the molecule is C[N+](=O)c1cccc(-c2ccc(/C=N/NC(N)=O)o2)c1. The number of nitrogens with two attached hydrogens (primary N) is 1. The van der Waals surface area contributed by atoms with Crippen LogP contribution in [0.3, 0.4) is 0 Å². The largest absolute Gasteiger partial charge is 0.455 e. The van der Waals surface area contributed by atoms with Crippen molar-refractivity contribution in [3.8, 4) is 11.3 Å². The Morgan fingerprint density at radius 1 is 1.40 bits per heavy atom. The van der Waals surface area contributed by atoms with Gasteiger partial charge in [-0.05, 0) is 12.1 Å². The lowest BCUT2D eigenvalue weighted by Crippen LogP contribution is -2.24. The van der Waals surface area contributed by atoms with E-state index in [2.05, 4.69) is 10.5 Å². The van der Waals surface area contributed by atoms with Gasteiger partial charge < -0.3 is 10.2 Å². The molecule has 0 aliphatic heterocycles. The molecule has 2 amide bonds. The van der Waals surface area contributed by atoms with E-state index in [4.69, 9.17) is 10.2 Å². The molecule has 2 rings (SSSR count). The number of urea groups is 1. The number of nitrogens with zero attached hydrogens (tertiary/aromatic N) is 2. The second-order valence-electron chi connectivity index (χ2n) is 3.98. The zero-order valence-electron chi connectivity index (χ0n) is 10.7. The number of hydrogen-bond donors (Lipinski definition) is 2. The van der Waals surface area contributed by atoms with Crippen LogP contribution in [0.5, 0.6) is 0 Å². The van der Waals surface area contributed by atoms with Gasteiger partial charge in [0.1, 0.15) is 11.5 Å². The molecule has 0 radical (unpaired) electrons. The highest BCUT2D eigenvalue weighted by molar-refractivity contribution is 5.79. The molecular formula is C13H13N4O3+. The number of rotatable bonds is 4. The molecule has 1 aromatic carbocycles. The first-order valence-corrected chi connectivity index (χ1v) is 5.76. The summed E-state index contributed by atoms with van der Waals surface area (Å²) in [5.41, 5.74) is 8.24. The van der Waals surface area contributed by atoms with Gasteiger partial charge in [-0.3, -0.25) is 0 Å². The molecular weight excluding hydrogens is 260 g/mol. The lowest BCUT2D eigenvalue weighted by atomic mass is 10.1. The van der Waals surface area contributed by atoms with Crippen molar-refractivity contribution in [2.24, 2.45) is 10.8 Å². The molecule has 0 unspecified atom stereocenters. The smallest absolute Gasteiger partial charge is 0.332 e. The van der Waals surface area contributed by atoms with Gasteiger partial charge in [0.05, 0.1) is 6.21 Å². The third kappa shape index (κ3) is 3.29. The highest BCUT2D eigenvalue weighted by Crippen LogP contribution is 2.25. The number of amides is 2. The van der Waals surface area contributed by atoms with Gasteiger partial charge in [-0.2, -0.15) is 5.10 Å². The summed E-state index contributed by atoms with van der Waals surface area (Å²) in [6.45, 7) is 0. The van der Waals surface area contributed by atoms with E-state index >= 15 is 0 Å². The van der Waals surface area contributed by atoms with Crippen LogP contribution in [0.25, 0.3) is 11.3 Å². The summed E-state index contributed by atoms with van der Waals surface area (Å²) in [6, 6.07) is 9.70. The van der Waals surface area contributed by atoms with E-state index in [9.17, 15) is 9.70 Å². The van der Waals surface area contributed by atoms with E-state index in [1.54, 1.807) is 30.3 Å². The van der Waals surface area contributed by atoms with Crippen molar-refractivity contribution in [2.45, 2.75) is 0 Å². The third-order valence-electron chi connectivity index (χ3n) is 2.49. The van der Waals surface area contributed by atoms with Crippen LogP contribution in [0.2, 0.25) is 0 Å². The van der Waals surface area contributed by atoms with E-state index in [0.29, 0.717) is 17.2 Å². The molecule has 2 aromatic rings. The highest BCUT2D eigenvalue weighted by atomic mass is 16.3. The number of nitroso groups, excluding NO2 is 1. The van der Waals surface area contributed by atoms with Crippen molar-refractivity contribution in [1.82, 2.24) is 5.43 Å². The van der Waals surface area contributed by atoms with Crippen LogP contribution in [0.1, 0.15) is 5.76 Å². The molecule has 0 atom stereocenters. The number of nitrogens with one attached hydrogen (secondary N) is 1. The van der Waals surface area contributed by atoms with Crippen molar-refractivity contribution in [2.75, 3.05) is 7.05 Å². The van der Waals surface area contributed by atoms with E-state index in [1.165, 1.54) is 13.3 Å². The number of primary amides is 1. The summed E-state index contributed by atoms with van der Waals surface area (Å²) >= 11 is 0. The number of furan rings is 1. The van der Waals surface area contributed by atoms with Crippen molar-refractivity contribution < 1.29 is 14.0 Å². The second-order valence-corrected chi connectivity index (χ2v) is 3.98. The Bertz CT molecular complexity index is 676. The van der Waals surface area contributed by atoms with Crippen molar-refractivity contribution in [3.63, 3.8) is 0 Å². The summed E-state index contributed by atoms with van der Waals surface area (Å²) < 4.78 is 6.29. The summed E-state index contributed by atoms with van der Waals surface area (Å²) in [5.74, 6) is 1.05. The highest BCUT2D eigenvalue weighted by Gasteiger charge is 2.10. The molecule has 0 fully saturated rings. The van der Waals surface area contributed by atoms with Gasteiger partial charge in [0.15, 0.2) is 7.05 Å². The number of benzene rings is 1. The number of hydrogen-bond acceptors (Lipinski definition) is 4. The Morgan fingerprint density at radius 2 is 2.20 bits per heavy atom. The fourth-order valence-electron chi connectivity index (χ4n) is 1.59. The number of carbonyl (C=O) groups is 1. The maximum Gasteiger partial charge on any atom is 0.332 e. The predicted octanol–water partition coefficient (Wildman–Crippen LogP) is 1.99. The Labute approximate surface area is 114 Å². The molecule has 7 nitrogen and oxygen atoms in total. The van der Waals surface area contributed by atoms with Crippen molar-refractivity contribution in [3.05, 3.63) is 47.1 Å². The Kier molecular flexibility index (Phi) is 3.90. The first kappa shape index (κ1) is 13.5. The lowest BCUT2D eigenvalue weighted by Gasteiger charge is -1.96. The average Bonchev–Trinajstić information content (AvgIpc) is 2.87. The van der Waals surface area contributed by atoms with Gasteiger partial charge in [-0.1, -0.05) is 12.1 Å². The number of hydrazone groups is 1. The molecule has 20 heavy (non-hydrogen) atoms. The van der Waals surface area contributed by atoms with Gasteiger partial charge in [0, 0.05) is 27.4 Å². The van der Waals surface area contributed by atoms with Gasteiger partial charge in [0.2, 0.25) is 0 Å². The van der Waals surface area contributed by atoms with Crippen LogP contribution in [0.4, 0.5) is 10.5 Å². The van der Waals surface area contributed by atoms with E-state index in [-0.39, 0.29) is 0 Å². The molecule has 3 N–H and O–H groups in total. The predicted molar refractivity (Wildman–Crippen MR) is 73.7 cm³/mol. The van der Waals surface area contributed by atoms with Crippen LogP contribution < -0.4 is 11.2 Å². The van der Waals surface area contributed by atoms with E-state index in [0.717, 1.165) is 10.3 Å². The van der Waals surface area contributed by atoms with Crippen LogP contribution in [-0.4, -0.2) is 24.1 Å². The van der Waals surface area contributed by atoms with E-state index in [1.807, 2.05) is 6.07 Å². The normalized spacial score (nSPS) is 10.7. The molecule has 102 valence electrons. The molecule has 0 saturated heterocycles. The van der Waals surface area contributed by atoms with Crippen LogP contribution in [0.15, 0.2) is 45.9 Å². The zero-order valence-corrected chi connectivity index (χ0v) is 10.7. The summed E-state index contributed by atoms with van der Waals surface area (Å²) in [4.78, 5) is 21.7. The minimum atomic E-state index is -0.751. The van der Waals surface area contributed by atoms with Gasteiger partial charge in [0.25, 0.3) is 5.69 Å². The van der Waals surface area contributed by atoms with Crippen molar-refractivity contribution >= 4 is 17.9 Å². The third-order valence-corrected chi connectivity index (χ3v) is 2.49. The summed E-state index contributed by atoms with van der Waals surface area (Å²) in [5, 5.41) is 3.59. The molecule has 7 heteroatoms. The molecule has 0 spiro atoms. The van der Waals surface area contributed by atoms with Crippen LogP contribution >= 0.6 is 0 Å². The molecule has 0 saturated carbocycles. The molecule has 1 aromatic heterocycles. The average molecular weight is 273 g/mol. The fraction of sp³-hybridized carbons (Fsp3) is 0.0769.